The number of nitrogens with two attached hydrogens (primary N) is 1. The number of hydrogen-bond donors (Lipinski definition) is 2. The number of carbonyl (C=O) groups excluding carboxylic acids is 1. The molecular formula is C26H24N4O2S. The third-order valence-corrected chi connectivity index (χ3v) is 7.37. The maximum Gasteiger partial charge on any atom is 0.255 e. The van der Waals surface area contributed by atoms with E-state index in [9.17, 15) is 4.79 Å². The predicted octanol–water partition coefficient (Wildman–Crippen LogP) is 5.14. The summed E-state index contributed by atoms with van der Waals surface area (Å²) in [6.07, 6.45) is 7.26. The molecule has 0 spiro atoms. The summed E-state index contributed by atoms with van der Waals surface area (Å²) in [6, 6.07) is 19.1. The quantitative estimate of drug-likeness (QED) is 0.406. The lowest BCUT2D eigenvalue weighted by Crippen LogP contribution is -2.35. The van der Waals surface area contributed by atoms with Gasteiger partial charge in [-0.3, -0.25) is 9.78 Å². The molecule has 0 radical (unpaired) electrons. The van der Waals surface area contributed by atoms with E-state index in [0.29, 0.717) is 30.2 Å². The van der Waals surface area contributed by atoms with Crippen LogP contribution in [0.2, 0.25) is 0 Å². The average molecular weight is 457 g/mol. The van der Waals surface area contributed by atoms with Crippen molar-refractivity contribution in [2.45, 2.75) is 18.3 Å². The molecule has 1 fully saturated rings. The van der Waals surface area contributed by atoms with Gasteiger partial charge in [0.05, 0.1) is 21.7 Å². The first-order valence-electron chi connectivity index (χ1n) is 10.9. The van der Waals surface area contributed by atoms with Gasteiger partial charge in [-0.1, -0.05) is 30.3 Å². The number of rotatable bonds is 5. The highest BCUT2D eigenvalue weighted by atomic mass is 32.1. The van der Waals surface area contributed by atoms with Crippen molar-refractivity contribution in [3.8, 4) is 10.4 Å². The largest absolute Gasteiger partial charge is 0.397 e. The Labute approximate surface area is 196 Å². The van der Waals surface area contributed by atoms with E-state index in [4.69, 9.17) is 15.5 Å². The summed E-state index contributed by atoms with van der Waals surface area (Å²) in [5, 5.41) is 3.96. The highest BCUT2D eigenvalue weighted by molar-refractivity contribution is 7.15. The number of carbonyl (C=O) groups is 1. The lowest BCUT2D eigenvalue weighted by Gasteiger charge is -2.36. The number of nitrogen functional groups attached to an aromatic ring is 1. The Kier molecular flexibility index (Phi) is 5.90. The Morgan fingerprint density at radius 2 is 1.79 bits per heavy atom. The summed E-state index contributed by atoms with van der Waals surface area (Å²) in [6.45, 7) is 1.36. The molecule has 1 aliphatic rings. The summed E-state index contributed by atoms with van der Waals surface area (Å²) in [7, 11) is 0. The molecule has 0 bridgehead atoms. The van der Waals surface area contributed by atoms with Crippen LogP contribution in [0.1, 0.15) is 33.8 Å². The molecule has 166 valence electrons. The lowest BCUT2D eigenvalue weighted by molar-refractivity contribution is 0.0630. The van der Waals surface area contributed by atoms with Crippen molar-refractivity contribution in [2.75, 3.05) is 24.3 Å². The van der Waals surface area contributed by atoms with E-state index in [2.05, 4.69) is 10.3 Å². The Hall–Kier alpha value is -3.55. The molecule has 33 heavy (non-hydrogen) atoms. The van der Waals surface area contributed by atoms with Gasteiger partial charge in [0.25, 0.3) is 5.91 Å². The second kappa shape index (κ2) is 9.13. The Bertz CT molecular complexity index is 1250. The average Bonchev–Trinajstić information content (AvgIpc) is 3.38. The maximum atomic E-state index is 12.8. The number of amides is 1. The third-order valence-electron chi connectivity index (χ3n) is 6.12. The molecule has 7 heteroatoms. The second-order valence-corrected chi connectivity index (χ2v) is 9.12. The number of para-hydroxylation sites is 2. The summed E-state index contributed by atoms with van der Waals surface area (Å²) in [5.41, 5.74) is 9.67. The molecule has 0 aliphatic carbocycles. The van der Waals surface area contributed by atoms with Gasteiger partial charge in [0, 0.05) is 42.9 Å². The Morgan fingerprint density at radius 3 is 2.52 bits per heavy atom. The predicted molar refractivity (Wildman–Crippen MR) is 131 cm³/mol. The van der Waals surface area contributed by atoms with Crippen LogP contribution in [0.25, 0.3) is 10.4 Å². The van der Waals surface area contributed by atoms with Crippen molar-refractivity contribution < 1.29 is 9.53 Å². The number of nitrogens with one attached hydrogen (secondary N) is 1. The molecule has 6 nitrogen and oxygen atoms in total. The van der Waals surface area contributed by atoms with Crippen molar-refractivity contribution in [1.29, 1.82) is 0 Å². The SMILES string of the molecule is Nc1ccccc1NC(=O)c1ccc(C2(c3ncc(-c4cccnc4)s3)CCOCC2)cc1. The zero-order valence-electron chi connectivity index (χ0n) is 18.0. The first kappa shape index (κ1) is 21.3. The van der Waals surface area contributed by atoms with Crippen molar-refractivity contribution in [1.82, 2.24) is 9.97 Å². The minimum Gasteiger partial charge on any atom is -0.397 e. The van der Waals surface area contributed by atoms with E-state index in [-0.39, 0.29) is 11.3 Å². The molecule has 5 rings (SSSR count). The van der Waals surface area contributed by atoms with Crippen LogP contribution in [0.5, 0.6) is 0 Å². The molecule has 3 heterocycles. The van der Waals surface area contributed by atoms with Crippen LogP contribution < -0.4 is 11.1 Å². The first-order chi connectivity index (χ1) is 16.2. The summed E-state index contributed by atoms with van der Waals surface area (Å²) < 4.78 is 5.69. The van der Waals surface area contributed by atoms with E-state index in [1.54, 1.807) is 29.7 Å². The van der Waals surface area contributed by atoms with Gasteiger partial charge in [0.15, 0.2) is 0 Å². The number of ether oxygens (including phenoxy) is 1. The van der Waals surface area contributed by atoms with E-state index < -0.39 is 0 Å². The Morgan fingerprint density at radius 1 is 1.00 bits per heavy atom. The molecule has 0 atom stereocenters. The fourth-order valence-electron chi connectivity index (χ4n) is 4.23. The van der Waals surface area contributed by atoms with Crippen molar-refractivity contribution in [2.24, 2.45) is 0 Å². The fraction of sp³-hybridized carbons (Fsp3) is 0.192. The van der Waals surface area contributed by atoms with Gasteiger partial charge in [0.1, 0.15) is 5.01 Å². The van der Waals surface area contributed by atoms with Crippen LogP contribution in [0.15, 0.2) is 79.3 Å². The second-order valence-electron chi connectivity index (χ2n) is 8.08. The molecule has 3 N–H and O–H groups in total. The zero-order chi connectivity index (χ0) is 22.7. The number of thiazole rings is 1. The minimum atomic E-state index is -0.234. The van der Waals surface area contributed by atoms with Crippen LogP contribution in [0.3, 0.4) is 0 Å². The van der Waals surface area contributed by atoms with Gasteiger partial charge in [-0.15, -0.1) is 11.3 Å². The van der Waals surface area contributed by atoms with Crippen LogP contribution in [0, 0.1) is 0 Å². The third kappa shape index (κ3) is 4.25. The molecule has 1 amide bonds. The van der Waals surface area contributed by atoms with Gasteiger partial charge in [-0.2, -0.15) is 0 Å². The van der Waals surface area contributed by atoms with Crippen LogP contribution in [-0.4, -0.2) is 29.1 Å². The van der Waals surface area contributed by atoms with E-state index in [1.165, 1.54) is 0 Å². The van der Waals surface area contributed by atoms with Crippen LogP contribution in [-0.2, 0) is 10.2 Å². The molecule has 0 saturated carbocycles. The van der Waals surface area contributed by atoms with Crippen LogP contribution >= 0.6 is 11.3 Å². The highest BCUT2D eigenvalue weighted by Gasteiger charge is 2.39. The van der Waals surface area contributed by atoms with Crippen molar-refractivity contribution >= 4 is 28.6 Å². The van der Waals surface area contributed by atoms with Gasteiger partial charge in [-0.05, 0) is 48.7 Å². The standard InChI is InChI=1S/C26H24N4O2S/c27-21-5-1-2-6-22(21)30-24(31)18-7-9-20(10-8-18)26(11-14-32-15-12-26)25-29-17-23(33-25)19-4-3-13-28-16-19/h1-10,13,16-17H,11-12,14-15,27H2,(H,30,31). The monoisotopic (exact) mass is 456 g/mol. The van der Waals surface area contributed by atoms with Crippen LogP contribution in [0.4, 0.5) is 11.4 Å². The molecule has 1 aliphatic heterocycles. The number of pyridine rings is 1. The number of anilines is 2. The summed E-state index contributed by atoms with van der Waals surface area (Å²) in [5.74, 6) is -0.186. The molecule has 4 aromatic rings. The molecule has 2 aromatic heterocycles. The first-order valence-corrected chi connectivity index (χ1v) is 11.7. The maximum absolute atomic E-state index is 12.8. The molecule has 1 saturated heterocycles. The topological polar surface area (TPSA) is 90.1 Å². The van der Waals surface area contributed by atoms with Crippen molar-refractivity contribution in [3.05, 3.63) is 95.4 Å². The summed E-state index contributed by atoms with van der Waals surface area (Å²) in [4.78, 5) is 22.9. The van der Waals surface area contributed by atoms with Crippen molar-refractivity contribution in [3.63, 3.8) is 0 Å². The summed E-state index contributed by atoms with van der Waals surface area (Å²) >= 11 is 1.70. The van der Waals surface area contributed by atoms with E-state index in [0.717, 1.165) is 33.9 Å². The smallest absolute Gasteiger partial charge is 0.255 e. The number of nitrogens with zero attached hydrogens (tertiary/aromatic N) is 2. The zero-order valence-corrected chi connectivity index (χ0v) is 18.8. The lowest BCUT2D eigenvalue weighted by atomic mass is 9.74. The highest BCUT2D eigenvalue weighted by Crippen LogP contribution is 2.44. The van der Waals surface area contributed by atoms with E-state index >= 15 is 0 Å². The van der Waals surface area contributed by atoms with Gasteiger partial charge >= 0.3 is 0 Å². The normalized spacial score (nSPS) is 15.2. The number of aromatic nitrogens is 2. The number of benzene rings is 2. The molecule has 2 aromatic carbocycles. The van der Waals surface area contributed by atoms with Gasteiger partial charge in [0.2, 0.25) is 0 Å². The minimum absolute atomic E-state index is 0.186. The van der Waals surface area contributed by atoms with Gasteiger partial charge in [-0.25, -0.2) is 4.98 Å². The fourth-order valence-corrected chi connectivity index (χ4v) is 5.40. The molecule has 0 unspecified atom stereocenters. The number of hydrogen-bond acceptors (Lipinski definition) is 6. The van der Waals surface area contributed by atoms with Gasteiger partial charge < -0.3 is 15.8 Å². The Balaban J connectivity index is 1.43. The molecular weight excluding hydrogens is 432 g/mol. The van der Waals surface area contributed by atoms with E-state index in [1.807, 2.05) is 60.9 Å².